The van der Waals surface area contributed by atoms with Crippen molar-refractivity contribution in [2.45, 2.75) is 33.7 Å². The van der Waals surface area contributed by atoms with Gasteiger partial charge in [0.1, 0.15) is 0 Å². The Morgan fingerprint density at radius 1 is 1.24 bits per heavy atom. The Morgan fingerprint density at radius 3 is 2.52 bits per heavy atom. The third-order valence-corrected chi connectivity index (χ3v) is 5.42. The molecule has 0 spiro atoms. The van der Waals surface area contributed by atoms with Gasteiger partial charge < -0.3 is 10.4 Å². The minimum Gasteiger partial charge on any atom is -0.394 e. The summed E-state index contributed by atoms with van der Waals surface area (Å²) in [7, 11) is 0. The first-order valence-electron chi connectivity index (χ1n) is 8.38. The average molecular weight is 357 g/mol. The molecule has 0 saturated carbocycles. The molecule has 0 aliphatic heterocycles. The van der Waals surface area contributed by atoms with Gasteiger partial charge in [0.2, 0.25) is 0 Å². The first-order chi connectivity index (χ1) is 11.9. The Balaban J connectivity index is 1.92. The van der Waals surface area contributed by atoms with Crippen LogP contribution in [0.1, 0.15) is 35.6 Å². The average Bonchev–Trinajstić information content (AvgIpc) is 3.13. The van der Waals surface area contributed by atoms with Gasteiger partial charge in [0.25, 0.3) is 5.91 Å². The second-order valence-corrected chi connectivity index (χ2v) is 7.65. The SMILES string of the molecule is Cc1ccc(C)n1-c1nc2ccc(C(=O)N[C@H](CO)C(C)C)cc2s1. The largest absolute Gasteiger partial charge is 0.394 e. The predicted octanol–water partition coefficient (Wildman–Crippen LogP) is 3.45. The Labute approximate surface area is 151 Å². The smallest absolute Gasteiger partial charge is 0.251 e. The zero-order valence-electron chi connectivity index (χ0n) is 14.9. The van der Waals surface area contributed by atoms with Crippen molar-refractivity contribution < 1.29 is 9.90 Å². The zero-order valence-corrected chi connectivity index (χ0v) is 15.7. The summed E-state index contributed by atoms with van der Waals surface area (Å²) in [6.45, 7) is 7.99. The van der Waals surface area contributed by atoms with Crippen LogP contribution in [-0.4, -0.2) is 33.2 Å². The summed E-state index contributed by atoms with van der Waals surface area (Å²) < 4.78 is 3.09. The highest BCUT2D eigenvalue weighted by atomic mass is 32.1. The first-order valence-corrected chi connectivity index (χ1v) is 9.20. The monoisotopic (exact) mass is 357 g/mol. The van der Waals surface area contributed by atoms with Gasteiger partial charge in [-0.2, -0.15) is 0 Å². The van der Waals surface area contributed by atoms with Crippen LogP contribution < -0.4 is 5.32 Å². The van der Waals surface area contributed by atoms with Crippen LogP contribution in [0.15, 0.2) is 30.3 Å². The maximum absolute atomic E-state index is 12.5. The standard InChI is InChI=1S/C19H23N3O2S/c1-11(2)16(10-23)20-18(24)14-7-8-15-17(9-14)25-19(21-15)22-12(3)5-6-13(22)4/h5-9,11,16,23H,10H2,1-4H3,(H,20,24)/t16-/m1/s1. The molecular formula is C19H23N3O2S. The maximum atomic E-state index is 12.5. The molecule has 0 aliphatic carbocycles. The van der Waals surface area contributed by atoms with E-state index in [0.717, 1.165) is 26.7 Å². The lowest BCUT2D eigenvalue weighted by molar-refractivity contribution is 0.0897. The van der Waals surface area contributed by atoms with Crippen LogP contribution in [0, 0.1) is 19.8 Å². The molecule has 3 rings (SSSR count). The summed E-state index contributed by atoms with van der Waals surface area (Å²) in [4.78, 5) is 17.2. The quantitative estimate of drug-likeness (QED) is 0.735. The fraction of sp³-hybridized carbons (Fsp3) is 0.368. The fourth-order valence-electron chi connectivity index (χ4n) is 2.79. The molecule has 0 radical (unpaired) electrons. The van der Waals surface area contributed by atoms with Crippen molar-refractivity contribution in [3.8, 4) is 5.13 Å². The number of nitrogens with one attached hydrogen (secondary N) is 1. The molecule has 132 valence electrons. The van der Waals surface area contributed by atoms with Gasteiger partial charge in [0, 0.05) is 17.0 Å². The third kappa shape index (κ3) is 3.45. The van der Waals surface area contributed by atoms with Crippen molar-refractivity contribution in [2.75, 3.05) is 6.61 Å². The lowest BCUT2D eigenvalue weighted by Crippen LogP contribution is -2.41. The minimum absolute atomic E-state index is 0.0669. The van der Waals surface area contributed by atoms with E-state index in [1.54, 1.807) is 17.4 Å². The number of aromatic nitrogens is 2. The second kappa shape index (κ2) is 6.98. The Hall–Kier alpha value is -2.18. The second-order valence-electron chi connectivity index (χ2n) is 6.64. The number of fused-ring (bicyclic) bond motifs is 1. The summed E-state index contributed by atoms with van der Waals surface area (Å²) >= 11 is 1.57. The number of hydrogen-bond donors (Lipinski definition) is 2. The summed E-state index contributed by atoms with van der Waals surface area (Å²) in [5, 5.41) is 13.2. The van der Waals surface area contributed by atoms with E-state index in [1.807, 2.05) is 26.0 Å². The molecule has 0 bridgehead atoms. The molecule has 0 aliphatic rings. The van der Waals surface area contributed by atoms with Crippen LogP contribution in [0.5, 0.6) is 0 Å². The first kappa shape index (κ1) is 17.6. The van der Waals surface area contributed by atoms with Gasteiger partial charge in [-0.3, -0.25) is 9.36 Å². The topological polar surface area (TPSA) is 67.2 Å². The maximum Gasteiger partial charge on any atom is 0.251 e. The van der Waals surface area contributed by atoms with Crippen molar-refractivity contribution >= 4 is 27.5 Å². The lowest BCUT2D eigenvalue weighted by Gasteiger charge is -2.19. The molecule has 2 heterocycles. The van der Waals surface area contributed by atoms with Gasteiger partial charge in [-0.25, -0.2) is 4.98 Å². The van der Waals surface area contributed by atoms with Gasteiger partial charge in [0.15, 0.2) is 5.13 Å². The number of hydrogen-bond acceptors (Lipinski definition) is 4. The Morgan fingerprint density at radius 2 is 1.92 bits per heavy atom. The molecule has 2 N–H and O–H groups in total. The highest BCUT2D eigenvalue weighted by Gasteiger charge is 2.17. The summed E-state index contributed by atoms with van der Waals surface area (Å²) in [6.07, 6.45) is 0. The van der Waals surface area contributed by atoms with E-state index in [1.165, 1.54) is 0 Å². The molecule has 0 saturated heterocycles. The Bertz CT molecular complexity index is 891. The summed E-state index contributed by atoms with van der Waals surface area (Å²) in [6, 6.07) is 9.43. The molecule has 5 nitrogen and oxygen atoms in total. The van der Waals surface area contributed by atoms with E-state index in [9.17, 15) is 9.90 Å². The number of carbonyl (C=O) groups is 1. The van der Waals surface area contributed by atoms with Crippen LogP contribution in [0.25, 0.3) is 15.3 Å². The molecule has 25 heavy (non-hydrogen) atoms. The van der Waals surface area contributed by atoms with Gasteiger partial charge in [-0.15, -0.1) is 0 Å². The number of amides is 1. The van der Waals surface area contributed by atoms with Crippen LogP contribution in [0.4, 0.5) is 0 Å². The van der Waals surface area contributed by atoms with Crippen LogP contribution in [0.3, 0.4) is 0 Å². The van der Waals surface area contributed by atoms with Crippen molar-refractivity contribution in [1.82, 2.24) is 14.9 Å². The molecule has 1 aromatic carbocycles. The molecule has 0 unspecified atom stereocenters. The number of aryl methyl sites for hydroxylation is 2. The molecule has 1 amide bonds. The number of rotatable bonds is 5. The molecule has 1 atom stereocenters. The van der Waals surface area contributed by atoms with E-state index in [2.05, 4.69) is 35.9 Å². The van der Waals surface area contributed by atoms with E-state index in [4.69, 9.17) is 4.98 Å². The van der Waals surface area contributed by atoms with Crippen molar-refractivity contribution in [1.29, 1.82) is 0 Å². The molecule has 2 aromatic heterocycles. The number of thiazole rings is 1. The highest BCUT2D eigenvalue weighted by molar-refractivity contribution is 7.20. The molecular weight excluding hydrogens is 334 g/mol. The predicted molar refractivity (Wildman–Crippen MR) is 102 cm³/mol. The van der Waals surface area contributed by atoms with Gasteiger partial charge in [-0.05, 0) is 50.1 Å². The molecule has 3 aromatic rings. The summed E-state index contributed by atoms with van der Waals surface area (Å²) in [5.74, 6) is 0.00491. The van der Waals surface area contributed by atoms with E-state index in [-0.39, 0.29) is 24.5 Å². The number of aliphatic hydroxyl groups excluding tert-OH is 1. The number of benzene rings is 1. The normalized spacial score (nSPS) is 12.7. The van der Waals surface area contributed by atoms with Crippen LogP contribution in [-0.2, 0) is 0 Å². The van der Waals surface area contributed by atoms with Gasteiger partial charge >= 0.3 is 0 Å². The number of carbonyl (C=O) groups excluding carboxylic acids is 1. The van der Waals surface area contributed by atoms with Gasteiger partial charge in [-0.1, -0.05) is 25.2 Å². The highest BCUT2D eigenvalue weighted by Crippen LogP contribution is 2.28. The Kier molecular flexibility index (Phi) is 4.92. The number of nitrogens with zero attached hydrogens (tertiary/aromatic N) is 2. The lowest BCUT2D eigenvalue weighted by atomic mass is 10.0. The van der Waals surface area contributed by atoms with E-state index >= 15 is 0 Å². The molecule has 0 fully saturated rings. The fourth-order valence-corrected chi connectivity index (χ4v) is 3.92. The summed E-state index contributed by atoms with van der Waals surface area (Å²) in [5.41, 5.74) is 3.74. The van der Waals surface area contributed by atoms with Crippen molar-refractivity contribution in [2.24, 2.45) is 5.92 Å². The third-order valence-electron chi connectivity index (χ3n) is 4.42. The van der Waals surface area contributed by atoms with Crippen molar-refractivity contribution in [3.63, 3.8) is 0 Å². The van der Waals surface area contributed by atoms with Crippen molar-refractivity contribution in [3.05, 3.63) is 47.3 Å². The van der Waals surface area contributed by atoms with Gasteiger partial charge in [0.05, 0.1) is 22.9 Å². The van der Waals surface area contributed by atoms with E-state index < -0.39 is 0 Å². The van der Waals surface area contributed by atoms with E-state index in [0.29, 0.717) is 5.56 Å². The molecule has 6 heteroatoms. The number of aliphatic hydroxyl groups is 1. The zero-order chi connectivity index (χ0) is 18.1. The van der Waals surface area contributed by atoms with Crippen LogP contribution >= 0.6 is 11.3 Å². The minimum atomic E-state index is -0.245. The van der Waals surface area contributed by atoms with Crippen LogP contribution in [0.2, 0.25) is 0 Å².